The van der Waals surface area contributed by atoms with E-state index in [1.165, 1.54) is 4.88 Å². The number of alkyl halides is 1. The van der Waals surface area contributed by atoms with Crippen LogP contribution in [0.1, 0.15) is 31.6 Å². The van der Waals surface area contributed by atoms with E-state index in [2.05, 4.69) is 36.7 Å². The molecule has 0 atom stereocenters. The Balaban J connectivity index is 2.23. The Morgan fingerprint density at radius 3 is 2.62 bits per heavy atom. The minimum Gasteiger partial charge on any atom is -0.316 e. The highest BCUT2D eigenvalue weighted by Gasteiger charge is 2.24. The fourth-order valence-electron chi connectivity index (χ4n) is 1.76. The van der Waals surface area contributed by atoms with Crippen molar-refractivity contribution in [3.8, 4) is 0 Å². The summed E-state index contributed by atoms with van der Waals surface area (Å²) in [6, 6.07) is 4.31. The molecule has 0 saturated carbocycles. The predicted octanol–water partition coefficient (Wildman–Crippen LogP) is 3.93. The molecule has 3 heteroatoms. The zero-order valence-corrected chi connectivity index (χ0v) is 11.8. The lowest BCUT2D eigenvalue weighted by molar-refractivity contribution is 0.288. The summed E-state index contributed by atoms with van der Waals surface area (Å²) in [7, 11) is 0. The third-order valence-corrected chi connectivity index (χ3v) is 4.91. The maximum atomic E-state index is 6.07. The molecule has 0 fully saturated rings. The standard InChI is InChI=1S/C13H22ClNS/c1-3-13(4-2,10-14)11-15-8-7-12-6-5-9-16-12/h5-6,9,15H,3-4,7-8,10-11H2,1-2H3. The van der Waals surface area contributed by atoms with Crippen LogP contribution in [0.15, 0.2) is 17.5 Å². The third kappa shape index (κ3) is 4.08. The van der Waals surface area contributed by atoms with Crippen molar-refractivity contribution in [1.29, 1.82) is 0 Å². The van der Waals surface area contributed by atoms with Gasteiger partial charge < -0.3 is 5.32 Å². The minimum atomic E-state index is 0.289. The van der Waals surface area contributed by atoms with Gasteiger partial charge in [0, 0.05) is 17.3 Å². The molecule has 0 saturated heterocycles. The van der Waals surface area contributed by atoms with Gasteiger partial charge in [0.05, 0.1) is 0 Å². The summed E-state index contributed by atoms with van der Waals surface area (Å²) in [6.45, 7) is 6.55. The van der Waals surface area contributed by atoms with Crippen molar-refractivity contribution in [3.63, 3.8) is 0 Å². The first kappa shape index (κ1) is 14.0. The molecule has 0 radical (unpaired) electrons. The van der Waals surface area contributed by atoms with Gasteiger partial charge in [0.1, 0.15) is 0 Å². The summed E-state index contributed by atoms with van der Waals surface area (Å²) < 4.78 is 0. The molecule has 0 bridgehead atoms. The van der Waals surface area contributed by atoms with Gasteiger partial charge in [-0.25, -0.2) is 0 Å². The van der Waals surface area contributed by atoms with Crippen LogP contribution in [-0.2, 0) is 6.42 Å². The molecule has 1 rings (SSSR count). The smallest absolute Gasteiger partial charge is 0.0291 e. The fourth-order valence-corrected chi connectivity index (χ4v) is 2.94. The van der Waals surface area contributed by atoms with Gasteiger partial charge in [-0.15, -0.1) is 22.9 Å². The van der Waals surface area contributed by atoms with E-state index in [1.807, 2.05) is 11.3 Å². The molecular formula is C13H22ClNS. The summed E-state index contributed by atoms with van der Waals surface area (Å²) in [4.78, 5) is 1.46. The first-order valence-electron chi connectivity index (χ1n) is 6.05. The van der Waals surface area contributed by atoms with Gasteiger partial charge in [-0.3, -0.25) is 0 Å². The van der Waals surface area contributed by atoms with Crippen LogP contribution in [0.4, 0.5) is 0 Å². The van der Waals surface area contributed by atoms with Gasteiger partial charge in [0.25, 0.3) is 0 Å². The predicted molar refractivity (Wildman–Crippen MR) is 74.6 cm³/mol. The molecule has 0 unspecified atom stereocenters. The van der Waals surface area contributed by atoms with Crippen molar-refractivity contribution in [1.82, 2.24) is 5.32 Å². The van der Waals surface area contributed by atoms with Crippen LogP contribution in [0.2, 0.25) is 0 Å². The zero-order chi connectivity index (χ0) is 11.9. The lowest BCUT2D eigenvalue weighted by atomic mass is 9.84. The molecule has 0 amide bonds. The first-order chi connectivity index (χ1) is 7.76. The van der Waals surface area contributed by atoms with E-state index in [9.17, 15) is 0 Å². The maximum absolute atomic E-state index is 6.07. The molecule has 0 spiro atoms. The Morgan fingerprint density at radius 2 is 2.12 bits per heavy atom. The zero-order valence-electron chi connectivity index (χ0n) is 10.3. The molecule has 16 heavy (non-hydrogen) atoms. The van der Waals surface area contributed by atoms with Gasteiger partial charge >= 0.3 is 0 Å². The van der Waals surface area contributed by atoms with Gasteiger partial charge in [-0.2, -0.15) is 0 Å². The van der Waals surface area contributed by atoms with E-state index in [-0.39, 0.29) is 5.41 Å². The normalized spacial score (nSPS) is 11.9. The Labute approximate surface area is 108 Å². The summed E-state index contributed by atoms with van der Waals surface area (Å²) >= 11 is 7.90. The molecule has 1 heterocycles. The number of hydrogen-bond donors (Lipinski definition) is 1. The summed E-state index contributed by atoms with van der Waals surface area (Å²) in [6.07, 6.45) is 3.43. The molecule has 0 aliphatic rings. The van der Waals surface area contributed by atoms with Crippen LogP contribution < -0.4 is 5.32 Å². The van der Waals surface area contributed by atoms with Crippen LogP contribution >= 0.6 is 22.9 Å². The molecule has 1 aromatic rings. The minimum absolute atomic E-state index is 0.289. The summed E-state index contributed by atoms with van der Waals surface area (Å²) in [5.41, 5.74) is 0.289. The molecule has 1 N–H and O–H groups in total. The molecule has 0 aromatic carbocycles. The van der Waals surface area contributed by atoms with Crippen LogP contribution in [0.5, 0.6) is 0 Å². The van der Waals surface area contributed by atoms with Crippen LogP contribution in [0, 0.1) is 5.41 Å². The highest BCUT2D eigenvalue weighted by atomic mass is 35.5. The first-order valence-corrected chi connectivity index (χ1v) is 7.47. The maximum Gasteiger partial charge on any atom is 0.0291 e. The van der Waals surface area contributed by atoms with Crippen molar-refractivity contribution < 1.29 is 0 Å². The van der Waals surface area contributed by atoms with E-state index in [0.29, 0.717) is 0 Å². The Morgan fingerprint density at radius 1 is 1.38 bits per heavy atom. The van der Waals surface area contributed by atoms with Crippen LogP contribution in [0.25, 0.3) is 0 Å². The second-order valence-electron chi connectivity index (χ2n) is 4.35. The second-order valence-corrected chi connectivity index (χ2v) is 5.65. The summed E-state index contributed by atoms with van der Waals surface area (Å²) in [5, 5.41) is 5.67. The average molecular weight is 260 g/mol. The highest BCUT2D eigenvalue weighted by Crippen LogP contribution is 2.26. The third-order valence-electron chi connectivity index (χ3n) is 3.41. The Kier molecular flexibility index (Phi) is 6.40. The summed E-state index contributed by atoms with van der Waals surface area (Å²) in [5.74, 6) is 0.756. The van der Waals surface area contributed by atoms with Crippen molar-refractivity contribution >= 4 is 22.9 Å². The van der Waals surface area contributed by atoms with E-state index >= 15 is 0 Å². The van der Waals surface area contributed by atoms with Crippen molar-refractivity contribution in [3.05, 3.63) is 22.4 Å². The van der Waals surface area contributed by atoms with E-state index in [1.54, 1.807) is 0 Å². The molecule has 1 aromatic heterocycles. The number of rotatable bonds is 8. The van der Waals surface area contributed by atoms with Crippen LogP contribution in [-0.4, -0.2) is 19.0 Å². The molecule has 1 nitrogen and oxygen atoms in total. The Hall–Kier alpha value is -0.0500. The number of nitrogens with one attached hydrogen (secondary N) is 1. The molecule has 0 aliphatic heterocycles. The second kappa shape index (κ2) is 7.31. The van der Waals surface area contributed by atoms with Crippen molar-refractivity contribution in [2.75, 3.05) is 19.0 Å². The molecule has 0 aliphatic carbocycles. The Bertz CT molecular complexity index is 259. The van der Waals surface area contributed by atoms with Gasteiger partial charge in [-0.1, -0.05) is 19.9 Å². The fraction of sp³-hybridized carbons (Fsp3) is 0.692. The van der Waals surface area contributed by atoms with E-state index in [0.717, 1.165) is 38.2 Å². The number of halogens is 1. The largest absolute Gasteiger partial charge is 0.316 e. The van der Waals surface area contributed by atoms with Gasteiger partial charge in [-0.05, 0) is 42.7 Å². The topological polar surface area (TPSA) is 12.0 Å². The van der Waals surface area contributed by atoms with Crippen molar-refractivity contribution in [2.24, 2.45) is 5.41 Å². The number of thiophene rings is 1. The van der Waals surface area contributed by atoms with Crippen molar-refractivity contribution in [2.45, 2.75) is 33.1 Å². The van der Waals surface area contributed by atoms with Gasteiger partial charge in [0.15, 0.2) is 0 Å². The number of hydrogen-bond acceptors (Lipinski definition) is 2. The molecular weight excluding hydrogens is 238 g/mol. The van der Waals surface area contributed by atoms with E-state index < -0.39 is 0 Å². The lowest BCUT2D eigenvalue weighted by Crippen LogP contribution is -2.35. The van der Waals surface area contributed by atoms with Gasteiger partial charge in [0.2, 0.25) is 0 Å². The molecule has 92 valence electrons. The quantitative estimate of drug-likeness (QED) is 0.551. The van der Waals surface area contributed by atoms with E-state index in [4.69, 9.17) is 11.6 Å². The average Bonchev–Trinajstić information content (AvgIpc) is 2.83. The van der Waals surface area contributed by atoms with Crippen LogP contribution in [0.3, 0.4) is 0 Å². The lowest BCUT2D eigenvalue weighted by Gasteiger charge is -2.29. The monoisotopic (exact) mass is 259 g/mol. The SMILES string of the molecule is CCC(CC)(CCl)CNCCc1cccs1. The highest BCUT2D eigenvalue weighted by molar-refractivity contribution is 7.09.